The van der Waals surface area contributed by atoms with Gasteiger partial charge in [-0.25, -0.2) is 0 Å². The monoisotopic (exact) mass is 236 g/mol. The van der Waals surface area contributed by atoms with Crippen molar-refractivity contribution in [3.63, 3.8) is 0 Å². The molecule has 4 heteroatoms. The number of ether oxygens (including phenoxy) is 1. The lowest BCUT2D eigenvalue weighted by Gasteiger charge is -2.11. The second-order valence-corrected chi connectivity index (χ2v) is 3.88. The molecule has 0 heterocycles. The Labute approximate surface area is 80.6 Å². The molecule has 0 bridgehead atoms. The summed E-state index contributed by atoms with van der Waals surface area (Å²) in [5.74, 6) is -1.19. The molecule has 0 saturated carbocycles. The van der Waals surface area contributed by atoms with E-state index in [1.165, 1.54) is 7.11 Å². The number of carbonyl (C=O) groups excluding carboxylic acids is 2. The third-order valence-corrected chi connectivity index (χ3v) is 2.08. The van der Waals surface area contributed by atoms with Crippen molar-refractivity contribution in [3.05, 3.63) is 0 Å². The molecular weight excluding hydrogens is 224 g/mol. The highest BCUT2D eigenvalue weighted by molar-refractivity contribution is 9.10. The second kappa shape index (κ2) is 5.30. The molecule has 0 radical (unpaired) electrons. The number of halogens is 1. The molecule has 0 amide bonds. The van der Waals surface area contributed by atoms with Crippen LogP contribution in [0.4, 0.5) is 0 Å². The first kappa shape index (κ1) is 11.6. The fraction of sp³-hybridized carbons (Fsp3) is 0.750. The van der Waals surface area contributed by atoms with E-state index >= 15 is 0 Å². The Kier molecular flexibility index (Phi) is 5.13. The van der Waals surface area contributed by atoms with Gasteiger partial charge in [0.2, 0.25) is 0 Å². The lowest BCUT2D eigenvalue weighted by atomic mass is 10.00. The van der Waals surface area contributed by atoms with E-state index in [2.05, 4.69) is 20.7 Å². The maximum absolute atomic E-state index is 11.3. The van der Waals surface area contributed by atoms with Crippen LogP contribution in [0.1, 0.15) is 20.3 Å². The Morgan fingerprint density at radius 1 is 1.50 bits per heavy atom. The van der Waals surface area contributed by atoms with Gasteiger partial charge < -0.3 is 4.74 Å². The largest absolute Gasteiger partial charge is 0.468 e. The predicted octanol–water partition coefficient (Wildman–Crippen LogP) is 1.54. The molecule has 0 saturated heterocycles. The van der Waals surface area contributed by atoms with Crippen LogP contribution in [0.2, 0.25) is 0 Å². The van der Waals surface area contributed by atoms with Crippen molar-refractivity contribution in [3.8, 4) is 0 Å². The molecule has 0 aliphatic rings. The van der Waals surface area contributed by atoms with E-state index in [1.54, 1.807) is 13.8 Å². The minimum absolute atomic E-state index is 0.121. The molecule has 0 aromatic carbocycles. The molecule has 3 nitrogen and oxygen atoms in total. The van der Waals surface area contributed by atoms with Crippen LogP contribution in [-0.4, -0.2) is 23.7 Å². The normalized spacial score (nSPS) is 15.0. The molecule has 0 fully saturated rings. The zero-order chi connectivity index (χ0) is 9.72. The van der Waals surface area contributed by atoms with Crippen LogP contribution >= 0.6 is 15.9 Å². The van der Waals surface area contributed by atoms with Crippen molar-refractivity contribution in [2.45, 2.75) is 25.1 Å². The van der Waals surface area contributed by atoms with E-state index in [-0.39, 0.29) is 10.6 Å². The van der Waals surface area contributed by atoms with Gasteiger partial charge in [-0.05, 0) is 13.3 Å². The summed E-state index contributed by atoms with van der Waals surface area (Å²) in [6.07, 6.45) is 0.488. The number of esters is 1. The van der Waals surface area contributed by atoms with Crippen molar-refractivity contribution in [2.75, 3.05) is 7.11 Å². The molecule has 0 aliphatic heterocycles. The van der Waals surface area contributed by atoms with E-state index in [0.717, 1.165) is 0 Å². The molecule has 12 heavy (non-hydrogen) atoms. The summed E-state index contributed by atoms with van der Waals surface area (Å²) in [4.78, 5) is 22.1. The maximum Gasteiger partial charge on any atom is 0.316 e. The van der Waals surface area contributed by atoms with Crippen molar-refractivity contribution < 1.29 is 14.3 Å². The summed E-state index contributed by atoms with van der Waals surface area (Å²) in [6, 6.07) is 0. The molecule has 0 aromatic rings. The number of hydrogen-bond donors (Lipinski definition) is 0. The van der Waals surface area contributed by atoms with Gasteiger partial charge in [-0.15, -0.1) is 0 Å². The van der Waals surface area contributed by atoms with Crippen LogP contribution in [0.3, 0.4) is 0 Å². The number of ketones is 1. The predicted molar refractivity (Wildman–Crippen MR) is 49.2 cm³/mol. The summed E-state index contributed by atoms with van der Waals surface area (Å²) in [5, 5.41) is 0. The highest BCUT2D eigenvalue weighted by atomic mass is 79.9. The smallest absolute Gasteiger partial charge is 0.316 e. The summed E-state index contributed by atoms with van der Waals surface area (Å²) in [5.41, 5.74) is 0. The first-order chi connectivity index (χ1) is 5.54. The van der Waals surface area contributed by atoms with Gasteiger partial charge >= 0.3 is 5.97 Å². The van der Waals surface area contributed by atoms with E-state index in [0.29, 0.717) is 6.42 Å². The summed E-state index contributed by atoms with van der Waals surface area (Å²) >= 11 is 3.12. The van der Waals surface area contributed by atoms with E-state index in [9.17, 15) is 9.59 Å². The highest BCUT2D eigenvalue weighted by Gasteiger charge is 2.27. The molecule has 0 aromatic heterocycles. The van der Waals surface area contributed by atoms with Crippen LogP contribution in [0, 0.1) is 5.92 Å². The van der Waals surface area contributed by atoms with Gasteiger partial charge in [0, 0.05) is 0 Å². The minimum Gasteiger partial charge on any atom is -0.468 e. The maximum atomic E-state index is 11.3. The Morgan fingerprint density at radius 3 is 2.25 bits per heavy atom. The molecule has 0 rings (SSSR count). The fourth-order valence-electron chi connectivity index (χ4n) is 0.903. The summed E-state index contributed by atoms with van der Waals surface area (Å²) in [6.45, 7) is 3.49. The Balaban J connectivity index is 4.34. The Bertz CT molecular complexity index is 177. The molecule has 2 atom stereocenters. The van der Waals surface area contributed by atoms with Gasteiger partial charge in [0.05, 0.1) is 11.9 Å². The van der Waals surface area contributed by atoms with Gasteiger partial charge in [-0.3, -0.25) is 9.59 Å². The SMILES string of the molecule is CCC(C(=O)OC)C(=O)C(C)Br. The average molecular weight is 237 g/mol. The van der Waals surface area contributed by atoms with E-state index in [4.69, 9.17) is 0 Å². The van der Waals surface area contributed by atoms with Gasteiger partial charge in [-0.2, -0.15) is 0 Å². The lowest BCUT2D eigenvalue weighted by molar-refractivity contribution is -0.149. The van der Waals surface area contributed by atoms with Gasteiger partial charge in [0.25, 0.3) is 0 Å². The van der Waals surface area contributed by atoms with Crippen LogP contribution in [0.25, 0.3) is 0 Å². The third-order valence-electron chi connectivity index (χ3n) is 1.63. The van der Waals surface area contributed by atoms with Crippen LogP contribution in [0.5, 0.6) is 0 Å². The Morgan fingerprint density at radius 2 is 2.00 bits per heavy atom. The third kappa shape index (κ3) is 2.93. The summed E-state index contributed by atoms with van der Waals surface area (Å²) < 4.78 is 4.49. The number of carbonyl (C=O) groups is 2. The van der Waals surface area contributed by atoms with Gasteiger partial charge in [0.1, 0.15) is 5.92 Å². The van der Waals surface area contributed by atoms with E-state index < -0.39 is 11.9 Å². The Hall–Kier alpha value is -0.380. The molecule has 2 unspecified atom stereocenters. The zero-order valence-electron chi connectivity index (χ0n) is 7.46. The van der Waals surface area contributed by atoms with Crippen molar-refractivity contribution in [1.29, 1.82) is 0 Å². The first-order valence-electron chi connectivity index (χ1n) is 3.80. The number of hydrogen-bond acceptors (Lipinski definition) is 3. The topological polar surface area (TPSA) is 43.4 Å². The number of Topliss-reactive ketones (excluding diaryl/α,β-unsaturated/α-hetero) is 1. The number of methoxy groups -OCH3 is 1. The van der Waals surface area contributed by atoms with Crippen molar-refractivity contribution >= 4 is 27.7 Å². The zero-order valence-corrected chi connectivity index (χ0v) is 9.05. The molecule has 0 spiro atoms. The van der Waals surface area contributed by atoms with E-state index in [1.807, 2.05) is 0 Å². The average Bonchev–Trinajstić information content (AvgIpc) is 2.05. The number of rotatable bonds is 4. The minimum atomic E-state index is -0.621. The van der Waals surface area contributed by atoms with Gasteiger partial charge in [-0.1, -0.05) is 22.9 Å². The van der Waals surface area contributed by atoms with Crippen LogP contribution < -0.4 is 0 Å². The van der Waals surface area contributed by atoms with Crippen LogP contribution in [0.15, 0.2) is 0 Å². The van der Waals surface area contributed by atoms with Gasteiger partial charge in [0.15, 0.2) is 5.78 Å². The first-order valence-corrected chi connectivity index (χ1v) is 4.71. The van der Waals surface area contributed by atoms with Crippen molar-refractivity contribution in [2.24, 2.45) is 5.92 Å². The lowest BCUT2D eigenvalue weighted by Crippen LogP contribution is -2.29. The fourth-order valence-corrected chi connectivity index (χ4v) is 1.22. The van der Waals surface area contributed by atoms with Crippen molar-refractivity contribution in [1.82, 2.24) is 0 Å². The molecule has 70 valence electrons. The molecule has 0 N–H and O–H groups in total. The summed E-state index contributed by atoms with van der Waals surface area (Å²) in [7, 11) is 1.29. The second-order valence-electron chi connectivity index (χ2n) is 2.50. The quantitative estimate of drug-likeness (QED) is 0.423. The highest BCUT2D eigenvalue weighted by Crippen LogP contribution is 2.13. The molecular formula is C8H13BrO3. The van der Waals surface area contributed by atoms with Crippen LogP contribution in [-0.2, 0) is 14.3 Å². The number of alkyl halides is 1. The standard InChI is InChI=1S/C8H13BrO3/c1-4-6(8(11)12-3)7(10)5(2)9/h5-6H,4H2,1-3H3. The molecule has 0 aliphatic carbocycles.